The fraction of sp³-hybridized carbons (Fsp3) is 0.316. The van der Waals surface area contributed by atoms with Gasteiger partial charge in [0.15, 0.2) is 0 Å². The Hall–Kier alpha value is -2.33. The zero-order valence-electron chi connectivity index (χ0n) is 13.7. The highest BCUT2D eigenvalue weighted by Gasteiger charge is 2.19. The molecule has 4 nitrogen and oxygen atoms in total. The maximum atomic E-state index is 8.83. The summed E-state index contributed by atoms with van der Waals surface area (Å²) in [6.07, 6.45) is 7.32. The molecule has 2 rings (SSSR count). The average Bonchev–Trinajstić information content (AvgIpc) is 3.01. The zero-order chi connectivity index (χ0) is 16.5. The summed E-state index contributed by atoms with van der Waals surface area (Å²) in [5.41, 5.74) is 1.05. The van der Waals surface area contributed by atoms with Crippen LogP contribution in [-0.4, -0.2) is 29.4 Å². The molecule has 4 heteroatoms. The molecule has 0 saturated heterocycles. The number of hydrogen-bond donors (Lipinski definition) is 1. The number of oxime groups is 1. The molecule has 1 aromatic heterocycles. The van der Waals surface area contributed by atoms with Gasteiger partial charge in [-0.1, -0.05) is 50.3 Å². The third kappa shape index (κ3) is 6.12. The van der Waals surface area contributed by atoms with Gasteiger partial charge in [0.1, 0.15) is 5.76 Å². The van der Waals surface area contributed by atoms with Gasteiger partial charge in [-0.3, -0.25) is 4.90 Å². The molecule has 0 atom stereocenters. The molecule has 0 saturated carbocycles. The van der Waals surface area contributed by atoms with Crippen molar-refractivity contribution in [1.82, 2.24) is 4.90 Å². The standard InChI is InChI=1S/C19H24N2O2/c1-19(2,15-20-22)16-21(14-17-8-4-3-5-9-17)12-6-10-18-11-7-13-23-18/h3-11,13,15,22H,12,14,16H2,1-2H3/b10-6+,20-15?. The quantitative estimate of drug-likeness (QED) is 0.449. The molecule has 0 fully saturated rings. The molecule has 1 N–H and O–H groups in total. The summed E-state index contributed by atoms with van der Waals surface area (Å²) in [6.45, 7) is 6.53. The predicted octanol–water partition coefficient (Wildman–Crippen LogP) is 4.28. The van der Waals surface area contributed by atoms with Crippen LogP contribution in [0.1, 0.15) is 25.2 Å². The molecular formula is C19H24N2O2. The van der Waals surface area contributed by atoms with Gasteiger partial charge in [0.2, 0.25) is 0 Å². The minimum atomic E-state index is -0.206. The van der Waals surface area contributed by atoms with Gasteiger partial charge in [-0.05, 0) is 23.8 Å². The van der Waals surface area contributed by atoms with E-state index in [0.29, 0.717) is 0 Å². The Morgan fingerprint density at radius 2 is 1.96 bits per heavy atom. The van der Waals surface area contributed by atoms with Crippen molar-refractivity contribution in [3.05, 3.63) is 66.1 Å². The molecule has 0 aliphatic rings. The van der Waals surface area contributed by atoms with Crippen LogP contribution in [0.15, 0.2) is 64.4 Å². The summed E-state index contributed by atoms with van der Waals surface area (Å²) in [7, 11) is 0. The molecule has 2 aromatic rings. The zero-order valence-corrected chi connectivity index (χ0v) is 13.7. The lowest BCUT2D eigenvalue weighted by Crippen LogP contribution is -2.35. The summed E-state index contributed by atoms with van der Waals surface area (Å²) in [6, 6.07) is 14.2. The molecule has 0 spiro atoms. The highest BCUT2D eigenvalue weighted by molar-refractivity contribution is 5.64. The van der Waals surface area contributed by atoms with E-state index in [0.717, 1.165) is 25.4 Å². The Morgan fingerprint density at radius 1 is 1.17 bits per heavy atom. The largest absolute Gasteiger partial charge is 0.465 e. The second kappa shape index (κ2) is 8.34. The van der Waals surface area contributed by atoms with E-state index < -0.39 is 0 Å². The first kappa shape index (κ1) is 17.0. The molecular weight excluding hydrogens is 288 g/mol. The molecule has 0 bridgehead atoms. The Kier molecular flexibility index (Phi) is 6.18. The van der Waals surface area contributed by atoms with Gasteiger partial charge in [-0.2, -0.15) is 0 Å². The molecule has 0 aliphatic carbocycles. The van der Waals surface area contributed by atoms with Crippen molar-refractivity contribution in [3.63, 3.8) is 0 Å². The van der Waals surface area contributed by atoms with Crippen LogP contribution >= 0.6 is 0 Å². The first-order valence-electron chi connectivity index (χ1n) is 7.74. The van der Waals surface area contributed by atoms with E-state index in [1.807, 2.05) is 36.4 Å². The second-order valence-electron chi connectivity index (χ2n) is 6.31. The van der Waals surface area contributed by atoms with Crippen LogP contribution in [0.4, 0.5) is 0 Å². The van der Waals surface area contributed by atoms with Gasteiger partial charge >= 0.3 is 0 Å². The van der Waals surface area contributed by atoms with Gasteiger partial charge in [0, 0.05) is 25.0 Å². The van der Waals surface area contributed by atoms with Gasteiger partial charge in [0.25, 0.3) is 0 Å². The van der Waals surface area contributed by atoms with Crippen LogP contribution in [0.25, 0.3) is 6.08 Å². The molecule has 0 aliphatic heterocycles. The van der Waals surface area contributed by atoms with Crippen molar-refractivity contribution in [3.8, 4) is 0 Å². The van der Waals surface area contributed by atoms with E-state index in [1.165, 1.54) is 5.56 Å². The van der Waals surface area contributed by atoms with E-state index >= 15 is 0 Å². The minimum Gasteiger partial charge on any atom is -0.465 e. The molecule has 0 amide bonds. The summed E-state index contributed by atoms with van der Waals surface area (Å²) >= 11 is 0. The van der Waals surface area contributed by atoms with Gasteiger partial charge in [0.05, 0.1) is 12.5 Å². The van der Waals surface area contributed by atoms with Crippen LogP contribution in [0.2, 0.25) is 0 Å². The first-order chi connectivity index (χ1) is 11.1. The fourth-order valence-electron chi connectivity index (χ4n) is 2.50. The number of nitrogens with zero attached hydrogens (tertiary/aromatic N) is 2. The van der Waals surface area contributed by atoms with Crippen LogP contribution in [0.3, 0.4) is 0 Å². The van der Waals surface area contributed by atoms with E-state index in [9.17, 15) is 0 Å². The molecule has 23 heavy (non-hydrogen) atoms. The van der Waals surface area contributed by atoms with Crippen LogP contribution < -0.4 is 0 Å². The number of benzene rings is 1. The fourth-order valence-corrected chi connectivity index (χ4v) is 2.50. The number of rotatable bonds is 8. The normalized spacial score (nSPS) is 12.7. The molecule has 0 unspecified atom stereocenters. The Morgan fingerprint density at radius 3 is 2.61 bits per heavy atom. The molecule has 122 valence electrons. The average molecular weight is 312 g/mol. The van der Waals surface area contributed by atoms with Crippen LogP contribution in [0, 0.1) is 5.41 Å². The van der Waals surface area contributed by atoms with Gasteiger partial charge in [-0.15, -0.1) is 5.16 Å². The van der Waals surface area contributed by atoms with E-state index in [-0.39, 0.29) is 5.41 Å². The summed E-state index contributed by atoms with van der Waals surface area (Å²) in [5.74, 6) is 0.848. The van der Waals surface area contributed by atoms with Crippen molar-refractivity contribution >= 4 is 12.3 Å². The van der Waals surface area contributed by atoms with Crippen molar-refractivity contribution in [2.75, 3.05) is 13.1 Å². The lowest BCUT2D eigenvalue weighted by Gasteiger charge is -2.29. The van der Waals surface area contributed by atoms with Gasteiger partial charge < -0.3 is 9.62 Å². The highest BCUT2D eigenvalue weighted by atomic mass is 16.4. The lowest BCUT2D eigenvalue weighted by atomic mass is 9.94. The van der Waals surface area contributed by atoms with Crippen molar-refractivity contribution < 1.29 is 9.62 Å². The summed E-state index contributed by atoms with van der Waals surface area (Å²) < 4.78 is 5.31. The first-order valence-corrected chi connectivity index (χ1v) is 7.74. The van der Waals surface area contributed by atoms with E-state index in [4.69, 9.17) is 9.62 Å². The van der Waals surface area contributed by atoms with Crippen molar-refractivity contribution in [2.24, 2.45) is 10.6 Å². The molecule has 1 heterocycles. The van der Waals surface area contributed by atoms with Crippen molar-refractivity contribution in [1.29, 1.82) is 0 Å². The van der Waals surface area contributed by atoms with Crippen molar-refractivity contribution in [2.45, 2.75) is 20.4 Å². The third-order valence-corrected chi connectivity index (χ3v) is 3.48. The maximum Gasteiger partial charge on any atom is 0.126 e. The van der Waals surface area contributed by atoms with Gasteiger partial charge in [-0.25, -0.2) is 0 Å². The van der Waals surface area contributed by atoms with Crippen LogP contribution in [0.5, 0.6) is 0 Å². The Labute approximate surface area is 137 Å². The third-order valence-electron chi connectivity index (χ3n) is 3.48. The summed E-state index contributed by atoms with van der Waals surface area (Å²) in [4.78, 5) is 2.32. The molecule has 1 aromatic carbocycles. The molecule has 0 radical (unpaired) electrons. The smallest absolute Gasteiger partial charge is 0.126 e. The summed E-state index contributed by atoms with van der Waals surface area (Å²) in [5, 5.41) is 12.0. The minimum absolute atomic E-state index is 0.206. The van der Waals surface area contributed by atoms with E-state index in [1.54, 1.807) is 12.5 Å². The Balaban J connectivity index is 2.04. The lowest BCUT2D eigenvalue weighted by molar-refractivity contribution is 0.230. The van der Waals surface area contributed by atoms with Crippen LogP contribution in [-0.2, 0) is 6.54 Å². The predicted molar refractivity (Wildman–Crippen MR) is 93.5 cm³/mol. The topological polar surface area (TPSA) is 49.0 Å². The monoisotopic (exact) mass is 312 g/mol. The number of furan rings is 1. The highest BCUT2D eigenvalue weighted by Crippen LogP contribution is 2.17. The second-order valence-corrected chi connectivity index (χ2v) is 6.31. The van der Waals surface area contributed by atoms with E-state index in [2.05, 4.69) is 42.1 Å². The number of hydrogen-bond acceptors (Lipinski definition) is 4. The maximum absolute atomic E-state index is 8.83. The Bertz CT molecular complexity index is 616. The SMILES string of the molecule is CC(C)(C=NO)CN(C/C=C/c1ccco1)Cc1ccccc1.